The lowest BCUT2D eigenvalue weighted by molar-refractivity contribution is 0.660. The van der Waals surface area contributed by atoms with E-state index in [1.807, 2.05) is 0 Å². The molecule has 0 N–H and O–H groups in total. The van der Waals surface area contributed by atoms with Crippen LogP contribution < -0.4 is 0 Å². The van der Waals surface area contributed by atoms with Gasteiger partial charge in [0.25, 0.3) is 0 Å². The van der Waals surface area contributed by atoms with E-state index in [-0.39, 0.29) is 5.41 Å². The SMILES string of the molecule is Cc1cc(-c2ccc3cc(-c4ccc5c(c4)C(C)(C)c4ccccc4-5)ccc3c2)c2ccc3cc(C(C)C)cc4ccc1c2c43. The normalized spacial score (nSPS) is 13.8. The van der Waals surface area contributed by atoms with Gasteiger partial charge in [0.2, 0.25) is 0 Å². The summed E-state index contributed by atoms with van der Waals surface area (Å²) in [5.41, 5.74) is 13.5. The molecular weight excluding hydrogens is 540 g/mol. The van der Waals surface area contributed by atoms with Crippen molar-refractivity contribution < 1.29 is 0 Å². The molecule has 0 aliphatic heterocycles. The summed E-state index contributed by atoms with van der Waals surface area (Å²) in [6, 6.07) is 46.4. The average molecular weight is 577 g/mol. The van der Waals surface area contributed by atoms with Gasteiger partial charge in [-0.05, 0) is 130 Å². The van der Waals surface area contributed by atoms with Crippen molar-refractivity contribution in [2.24, 2.45) is 0 Å². The van der Waals surface area contributed by atoms with E-state index in [1.165, 1.54) is 98.7 Å². The molecule has 0 spiro atoms. The topological polar surface area (TPSA) is 0 Å². The predicted molar refractivity (Wildman–Crippen MR) is 195 cm³/mol. The number of aryl methyl sites for hydroxylation is 1. The number of hydrogen-bond acceptors (Lipinski definition) is 0. The first-order chi connectivity index (χ1) is 21.8. The second kappa shape index (κ2) is 9.29. The van der Waals surface area contributed by atoms with Crippen LogP contribution in [-0.2, 0) is 5.41 Å². The minimum Gasteiger partial charge on any atom is -0.0619 e. The molecule has 0 saturated heterocycles. The minimum atomic E-state index is 0.00318. The highest BCUT2D eigenvalue weighted by Gasteiger charge is 2.35. The predicted octanol–water partition coefficient (Wildman–Crippen LogP) is 12.8. The number of fused-ring (bicyclic) bond motifs is 4. The largest absolute Gasteiger partial charge is 0.0619 e. The van der Waals surface area contributed by atoms with E-state index in [9.17, 15) is 0 Å². The van der Waals surface area contributed by atoms with E-state index in [4.69, 9.17) is 0 Å². The van der Waals surface area contributed by atoms with Crippen molar-refractivity contribution in [2.75, 3.05) is 0 Å². The molecule has 0 heteroatoms. The number of hydrogen-bond donors (Lipinski definition) is 0. The smallest absolute Gasteiger partial charge is 0.0159 e. The quantitative estimate of drug-likeness (QED) is 0.184. The van der Waals surface area contributed by atoms with Gasteiger partial charge in [-0.2, -0.15) is 0 Å². The molecule has 0 radical (unpaired) electrons. The van der Waals surface area contributed by atoms with E-state index in [0.717, 1.165) is 0 Å². The lowest BCUT2D eigenvalue weighted by Crippen LogP contribution is -2.14. The van der Waals surface area contributed by atoms with Crippen molar-refractivity contribution >= 4 is 43.1 Å². The van der Waals surface area contributed by atoms with Gasteiger partial charge >= 0.3 is 0 Å². The fourth-order valence-corrected chi connectivity index (χ4v) is 8.16. The Morgan fingerprint density at radius 2 is 1.07 bits per heavy atom. The third kappa shape index (κ3) is 3.78. The summed E-state index contributed by atoms with van der Waals surface area (Å²) in [5, 5.41) is 10.7. The zero-order chi connectivity index (χ0) is 30.6. The first-order valence-corrected chi connectivity index (χ1v) is 16.3. The lowest BCUT2D eigenvalue weighted by Gasteiger charge is -2.22. The highest BCUT2D eigenvalue weighted by Crippen LogP contribution is 2.49. The molecular formula is C45H36. The summed E-state index contributed by atoms with van der Waals surface area (Å²) in [5.74, 6) is 0.508. The van der Waals surface area contributed by atoms with Crippen LogP contribution in [0.5, 0.6) is 0 Å². The van der Waals surface area contributed by atoms with Crippen LogP contribution in [0.4, 0.5) is 0 Å². The monoisotopic (exact) mass is 576 g/mol. The summed E-state index contributed by atoms with van der Waals surface area (Å²) in [6.45, 7) is 11.5. The van der Waals surface area contributed by atoms with E-state index in [1.54, 1.807) is 0 Å². The zero-order valence-corrected chi connectivity index (χ0v) is 26.6. The van der Waals surface area contributed by atoms with Crippen molar-refractivity contribution in [1.82, 2.24) is 0 Å². The zero-order valence-electron chi connectivity index (χ0n) is 26.6. The molecule has 0 nitrogen and oxygen atoms in total. The molecule has 0 amide bonds. The third-order valence-electron chi connectivity index (χ3n) is 10.7. The maximum Gasteiger partial charge on any atom is 0.0159 e. The van der Waals surface area contributed by atoms with Crippen LogP contribution in [-0.4, -0.2) is 0 Å². The molecule has 8 aromatic rings. The highest BCUT2D eigenvalue weighted by atomic mass is 14.4. The molecule has 1 aliphatic rings. The van der Waals surface area contributed by atoms with Crippen LogP contribution in [0.1, 0.15) is 55.9 Å². The van der Waals surface area contributed by atoms with Crippen molar-refractivity contribution in [3.8, 4) is 33.4 Å². The molecule has 0 heterocycles. The molecule has 0 unspecified atom stereocenters. The summed E-state index contributed by atoms with van der Waals surface area (Å²) in [4.78, 5) is 0. The molecule has 0 saturated carbocycles. The first-order valence-electron chi connectivity index (χ1n) is 16.3. The fraction of sp³-hybridized carbons (Fsp3) is 0.156. The summed E-state index contributed by atoms with van der Waals surface area (Å²) in [6.07, 6.45) is 0. The fourth-order valence-electron chi connectivity index (χ4n) is 8.16. The molecule has 1 aliphatic carbocycles. The maximum atomic E-state index is 2.42. The Hall–Kier alpha value is -4.94. The Balaban J connectivity index is 1.15. The van der Waals surface area contributed by atoms with Gasteiger partial charge in [-0.25, -0.2) is 0 Å². The van der Waals surface area contributed by atoms with Crippen LogP contribution in [0, 0.1) is 6.92 Å². The van der Waals surface area contributed by atoms with Crippen LogP contribution in [0.25, 0.3) is 76.5 Å². The van der Waals surface area contributed by atoms with E-state index in [0.29, 0.717) is 5.92 Å². The lowest BCUT2D eigenvalue weighted by atomic mass is 9.81. The molecule has 9 rings (SSSR count). The number of benzene rings is 8. The van der Waals surface area contributed by atoms with Crippen LogP contribution in [0.3, 0.4) is 0 Å². The highest BCUT2D eigenvalue weighted by molar-refractivity contribution is 6.26. The van der Waals surface area contributed by atoms with Crippen LogP contribution in [0.2, 0.25) is 0 Å². The minimum absolute atomic E-state index is 0.00318. The third-order valence-corrected chi connectivity index (χ3v) is 10.7. The Morgan fingerprint density at radius 1 is 0.467 bits per heavy atom. The average Bonchev–Trinajstić information content (AvgIpc) is 3.29. The molecule has 0 atom stereocenters. The summed E-state index contributed by atoms with van der Waals surface area (Å²) >= 11 is 0. The van der Waals surface area contributed by atoms with E-state index >= 15 is 0 Å². The van der Waals surface area contributed by atoms with Gasteiger partial charge in [-0.15, -0.1) is 0 Å². The van der Waals surface area contributed by atoms with Gasteiger partial charge in [0.05, 0.1) is 0 Å². The molecule has 0 aromatic heterocycles. The second-order valence-electron chi connectivity index (χ2n) is 14.0. The Bertz CT molecular complexity index is 2470. The van der Waals surface area contributed by atoms with Gasteiger partial charge < -0.3 is 0 Å². The molecule has 0 fully saturated rings. The standard InChI is InChI=1S/C45H36/c1-26(2)35-23-33-15-17-36-27(3)20-40(39-19-16-34(24-35)43(33)44(36)39)32-13-12-28-21-29(10-11-30(28)22-32)31-14-18-38-37-8-6-7-9-41(37)45(4,5)42(38)25-31/h6-26H,1-5H3. The van der Waals surface area contributed by atoms with Crippen molar-refractivity contribution in [1.29, 1.82) is 0 Å². The molecule has 45 heavy (non-hydrogen) atoms. The van der Waals surface area contributed by atoms with Crippen molar-refractivity contribution in [3.05, 3.63) is 144 Å². The molecule has 0 bridgehead atoms. The second-order valence-corrected chi connectivity index (χ2v) is 14.0. The number of rotatable bonds is 3. The van der Waals surface area contributed by atoms with Gasteiger partial charge in [-0.1, -0.05) is 131 Å². The Morgan fingerprint density at radius 3 is 1.82 bits per heavy atom. The summed E-state index contributed by atoms with van der Waals surface area (Å²) < 4.78 is 0. The van der Waals surface area contributed by atoms with Gasteiger partial charge in [0, 0.05) is 5.41 Å². The van der Waals surface area contributed by atoms with Crippen molar-refractivity contribution in [3.63, 3.8) is 0 Å². The van der Waals surface area contributed by atoms with Gasteiger partial charge in [0.15, 0.2) is 0 Å². The van der Waals surface area contributed by atoms with Gasteiger partial charge in [-0.3, -0.25) is 0 Å². The van der Waals surface area contributed by atoms with E-state index < -0.39 is 0 Å². The van der Waals surface area contributed by atoms with Crippen molar-refractivity contribution in [2.45, 2.75) is 46.0 Å². The molecule has 8 aromatic carbocycles. The first kappa shape index (κ1) is 26.5. The molecule has 216 valence electrons. The Kier molecular flexibility index (Phi) is 5.46. The van der Waals surface area contributed by atoms with Crippen LogP contribution >= 0.6 is 0 Å². The summed E-state index contributed by atoms with van der Waals surface area (Å²) in [7, 11) is 0. The van der Waals surface area contributed by atoms with Gasteiger partial charge in [0.1, 0.15) is 0 Å². The Labute approximate surface area is 265 Å². The van der Waals surface area contributed by atoms with Crippen LogP contribution in [0.15, 0.2) is 121 Å². The maximum absolute atomic E-state index is 2.42. The van der Waals surface area contributed by atoms with E-state index in [2.05, 4.69) is 156 Å².